The number of hydrogen-bond donors (Lipinski definition) is 1. The van der Waals surface area contributed by atoms with Gasteiger partial charge in [-0.2, -0.15) is 0 Å². The minimum atomic E-state index is -0.801. The maximum absolute atomic E-state index is 13.7. The molecule has 1 N–H and O–H groups in total. The van der Waals surface area contributed by atoms with E-state index in [0.717, 1.165) is 38.8 Å². The summed E-state index contributed by atoms with van der Waals surface area (Å²) in [7, 11) is 0. The van der Waals surface area contributed by atoms with Gasteiger partial charge in [0.2, 0.25) is 0 Å². The molecule has 1 amide bonds. The Morgan fingerprint density at radius 3 is 2.76 bits per heavy atom. The van der Waals surface area contributed by atoms with Gasteiger partial charge in [-0.05, 0) is 35.9 Å². The molecule has 3 aromatic rings. The molecule has 2 nitrogen and oxygen atoms in total. The van der Waals surface area contributed by atoms with E-state index in [1.807, 2.05) is 24.3 Å². The molecule has 0 unspecified atom stereocenters. The van der Waals surface area contributed by atoms with Gasteiger partial charge in [0.15, 0.2) is 0 Å². The number of halogens is 3. The lowest BCUT2D eigenvalue weighted by Gasteiger charge is -2.15. The highest BCUT2D eigenvalue weighted by molar-refractivity contribution is 7.98. The van der Waals surface area contributed by atoms with Crippen LogP contribution in [-0.2, 0) is 5.75 Å². The van der Waals surface area contributed by atoms with Crippen LogP contribution < -0.4 is 5.32 Å². The summed E-state index contributed by atoms with van der Waals surface area (Å²) in [6, 6.07) is 10.6. The predicted octanol–water partition coefficient (Wildman–Crippen LogP) is 6.20. The van der Waals surface area contributed by atoms with E-state index < -0.39 is 17.5 Å². The van der Waals surface area contributed by atoms with Gasteiger partial charge in [0.05, 0.1) is 10.6 Å². The molecule has 0 fully saturated rings. The van der Waals surface area contributed by atoms with Crippen LogP contribution >= 0.6 is 34.7 Å². The number of rotatable bonds is 2. The number of carbonyl (C=O) groups is 1. The van der Waals surface area contributed by atoms with E-state index in [2.05, 4.69) is 5.32 Å². The van der Waals surface area contributed by atoms with Gasteiger partial charge in [-0.15, -0.1) is 23.1 Å². The van der Waals surface area contributed by atoms with Crippen LogP contribution in [0.4, 0.5) is 14.5 Å². The molecule has 0 bridgehead atoms. The molecule has 2 heterocycles. The molecule has 1 aromatic heterocycles. The minimum Gasteiger partial charge on any atom is -0.319 e. The maximum atomic E-state index is 13.7. The van der Waals surface area contributed by atoms with Gasteiger partial charge < -0.3 is 5.32 Å². The van der Waals surface area contributed by atoms with Crippen LogP contribution in [0.1, 0.15) is 15.2 Å². The first-order valence-electron chi connectivity index (χ1n) is 7.33. The van der Waals surface area contributed by atoms with Gasteiger partial charge in [-0.3, -0.25) is 4.79 Å². The highest BCUT2D eigenvalue weighted by atomic mass is 35.5. The Morgan fingerprint density at radius 2 is 1.96 bits per heavy atom. The smallest absolute Gasteiger partial charge is 0.265 e. The van der Waals surface area contributed by atoms with Crippen LogP contribution in [-0.4, -0.2) is 5.91 Å². The number of carbonyl (C=O) groups excluding carboxylic acids is 1. The lowest BCUT2D eigenvalue weighted by atomic mass is 10.1. The second-order valence-corrected chi connectivity index (χ2v) is 7.98. The number of benzene rings is 2. The quantitative estimate of drug-likeness (QED) is 0.561. The molecule has 1 aliphatic rings. The van der Waals surface area contributed by atoms with Crippen molar-refractivity contribution >= 4 is 46.3 Å². The van der Waals surface area contributed by atoms with Crippen molar-refractivity contribution in [3.05, 3.63) is 69.6 Å². The van der Waals surface area contributed by atoms with E-state index in [9.17, 15) is 13.6 Å². The normalized spacial score (nSPS) is 12.4. The second-order valence-electron chi connectivity index (χ2n) is 5.47. The Kier molecular flexibility index (Phi) is 4.27. The van der Waals surface area contributed by atoms with Crippen molar-refractivity contribution in [3.63, 3.8) is 0 Å². The summed E-state index contributed by atoms with van der Waals surface area (Å²) >= 11 is 9.06. The third-order valence-corrected chi connectivity index (χ3v) is 6.33. The summed E-state index contributed by atoms with van der Waals surface area (Å²) in [5.41, 5.74) is 2.07. The topological polar surface area (TPSA) is 29.1 Å². The van der Waals surface area contributed by atoms with Gasteiger partial charge in [0, 0.05) is 32.2 Å². The number of anilines is 1. The van der Waals surface area contributed by atoms with Gasteiger partial charge in [0.1, 0.15) is 11.6 Å². The zero-order chi connectivity index (χ0) is 17.6. The van der Waals surface area contributed by atoms with E-state index in [4.69, 9.17) is 11.6 Å². The zero-order valence-electron chi connectivity index (χ0n) is 12.6. The molecular weight excluding hydrogens is 384 g/mol. The van der Waals surface area contributed by atoms with Crippen LogP contribution in [0.2, 0.25) is 5.02 Å². The van der Waals surface area contributed by atoms with Crippen molar-refractivity contribution in [1.29, 1.82) is 0 Å². The summed E-state index contributed by atoms with van der Waals surface area (Å²) in [6.45, 7) is 0. The van der Waals surface area contributed by atoms with E-state index in [1.165, 1.54) is 17.4 Å². The number of thioether (sulfide) groups is 1. The fraction of sp³-hybridized carbons (Fsp3) is 0.0556. The van der Waals surface area contributed by atoms with Gasteiger partial charge in [-0.1, -0.05) is 17.7 Å². The van der Waals surface area contributed by atoms with E-state index in [0.29, 0.717) is 9.90 Å². The molecule has 126 valence electrons. The van der Waals surface area contributed by atoms with Crippen LogP contribution in [0.25, 0.3) is 10.4 Å². The Labute approximate surface area is 155 Å². The average molecular weight is 394 g/mol. The molecule has 25 heavy (non-hydrogen) atoms. The highest BCUT2D eigenvalue weighted by Gasteiger charge is 2.22. The predicted molar refractivity (Wildman–Crippen MR) is 98.6 cm³/mol. The lowest BCUT2D eigenvalue weighted by molar-refractivity contribution is 0.103. The summed E-state index contributed by atoms with van der Waals surface area (Å²) in [6.07, 6.45) is 0. The van der Waals surface area contributed by atoms with Gasteiger partial charge in [-0.25, -0.2) is 8.78 Å². The SMILES string of the molecule is O=C(Nc1ccc(F)cc1F)c1cc2c(s1)-c1ccc(Cl)cc1SC2. The Balaban J connectivity index is 1.65. The largest absolute Gasteiger partial charge is 0.319 e. The molecule has 2 aromatic carbocycles. The Hall–Kier alpha value is -1.89. The monoisotopic (exact) mass is 393 g/mol. The van der Waals surface area contributed by atoms with Crippen molar-refractivity contribution in [2.24, 2.45) is 0 Å². The van der Waals surface area contributed by atoms with Crippen molar-refractivity contribution < 1.29 is 13.6 Å². The molecule has 0 saturated heterocycles. The van der Waals surface area contributed by atoms with E-state index in [1.54, 1.807) is 11.8 Å². The zero-order valence-corrected chi connectivity index (χ0v) is 15.0. The van der Waals surface area contributed by atoms with Crippen molar-refractivity contribution in [2.45, 2.75) is 10.6 Å². The molecular formula is C18H10ClF2NOS2. The van der Waals surface area contributed by atoms with Crippen LogP contribution in [0.3, 0.4) is 0 Å². The maximum Gasteiger partial charge on any atom is 0.265 e. The van der Waals surface area contributed by atoms with E-state index >= 15 is 0 Å². The molecule has 0 saturated carbocycles. The summed E-state index contributed by atoms with van der Waals surface area (Å²) in [4.78, 5) is 15.0. The lowest BCUT2D eigenvalue weighted by Crippen LogP contribution is -2.11. The fourth-order valence-electron chi connectivity index (χ4n) is 2.61. The number of amides is 1. The molecule has 7 heteroatoms. The first kappa shape index (κ1) is 16.6. The highest BCUT2D eigenvalue weighted by Crippen LogP contribution is 2.46. The van der Waals surface area contributed by atoms with Crippen LogP contribution in [0.5, 0.6) is 0 Å². The molecule has 0 spiro atoms. The third-order valence-electron chi connectivity index (χ3n) is 3.78. The Morgan fingerprint density at radius 1 is 1.12 bits per heavy atom. The van der Waals surface area contributed by atoms with Crippen LogP contribution in [0.15, 0.2) is 47.4 Å². The van der Waals surface area contributed by atoms with Crippen molar-refractivity contribution in [2.75, 3.05) is 5.32 Å². The molecule has 0 radical (unpaired) electrons. The van der Waals surface area contributed by atoms with Crippen molar-refractivity contribution in [3.8, 4) is 10.4 Å². The van der Waals surface area contributed by atoms with E-state index in [-0.39, 0.29) is 5.69 Å². The fourth-order valence-corrected chi connectivity index (χ4v) is 5.19. The standard InChI is InChI=1S/C18H10ClF2NOS2/c19-10-1-3-12-15(6-10)24-8-9-5-16(25-17(9)12)18(23)22-14-4-2-11(20)7-13(14)21/h1-7H,8H2,(H,22,23). The minimum absolute atomic E-state index is 0.0423. The molecule has 1 aliphatic heterocycles. The van der Waals surface area contributed by atoms with Gasteiger partial charge >= 0.3 is 0 Å². The van der Waals surface area contributed by atoms with Gasteiger partial charge in [0.25, 0.3) is 5.91 Å². The van der Waals surface area contributed by atoms with Crippen LogP contribution in [0, 0.1) is 11.6 Å². The second kappa shape index (κ2) is 6.44. The Bertz CT molecular complexity index is 1000. The number of thiophene rings is 1. The molecule has 0 aliphatic carbocycles. The molecule has 0 atom stereocenters. The first-order valence-corrected chi connectivity index (χ1v) is 9.51. The third kappa shape index (κ3) is 3.17. The summed E-state index contributed by atoms with van der Waals surface area (Å²) in [5.74, 6) is -1.15. The van der Waals surface area contributed by atoms with Crippen molar-refractivity contribution in [1.82, 2.24) is 0 Å². The number of nitrogens with one attached hydrogen (secondary N) is 1. The first-order chi connectivity index (χ1) is 12.0. The summed E-state index contributed by atoms with van der Waals surface area (Å²) < 4.78 is 26.7. The molecule has 4 rings (SSSR count). The number of hydrogen-bond acceptors (Lipinski definition) is 3. The number of fused-ring (bicyclic) bond motifs is 3. The summed E-state index contributed by atoms with van der Waals surface area (Å²) in [5, 5.41) is 3.17. The average Bonchev–Trinajstić information content (AvgIpc) is 3.01.